The van der Waals surface area contributed by atoms with Gasteiger partial charge in [-0.25, -0.2) is 14.4 Å². The number of fused-ring (bicyclic) bond motifs is 1. The Hall–Kier alpha value is -2.74. The summed E-state index contributed by atoms with van der Waals surface area (Å²) in [6, 6.07) is 11.9. The van der Waals surface area contributed by atoms with Gasteiger partial charge in [0.25, 0.3) is 0 Å². The van der Waals surface area contributed by atoms with Crippen molar-refractivity contribution in [2.24, 2.45) is 0 Å². The van der Waals surface area contributed by atoms with Crippen LogP contribution in [-0.2, 0) is 13.1 Å². The zero-order chi connectivity index (χ0) is 23.9. The summed E-state index contributed by atoms with van der Waals surface area (Å²) in [7, 11) is 0. The number of anilines is 1. The number of hydrogen-bond donors (Lipinski definition) is 2. The average Bonchev–Trinajstić information content (AvgIpc) is 3.17. The zero-order valence-electron chi connectivity index (χ0n) is 19.0. The predicted octanol–water partition coefficient (Wildman–Crippen LogP) is 6.33. The Kier molecular flexibility index (Phi) is 8.32. The predicted molar refractivity (Wildman–Crippen MR) is 137 cm³/mol. The maximum Gasteiger partial charge on any atom is 0.225 e. The van der Waals surface area contributed by atoms with Crippen LogP contribution in [-0.4, -0.2) is 32.6 Å². The number of aromatic nitrogens is 4. The number of nitrogens with one attached hydrogen (secondary N) is 2. The van der Waals surface area contributed by atoms with Gasteiger partial charge in [-0.1, -0.05) is 54.7 Å². The molecular weight excluding hydrogens is 474 g/mol. The van der Waals surface area contributed by atoms with Gasteiger partial charge in [0.05, 0.1) is 21.8 Å². The molecule has 0 unspecified atom stereocenters. The maximum absolute atomic E-state index is 13.5. The van der Waals surface area contributed by atoms with E-state index in [1.54, 1.807) is 24.4 Å². The Morgan fingerprint density at radius 1 is 1.00 bits per heavy atom. The zero-order valence-corrected chi connectivity index (χ0v) is 20.5. The van der Waals surface area contributed by atoms with Crippen LogP contribution in [0.3, 0.4) is 0 Å². The van der Waals surface area contributed by atoms with Crippen LogP contribution < -0.4 is 10.6 Å². The van der Waals surface area contributed by atoms with Crippen LogP contribution in [0.4, 0.5) is 10.3 Å². The van der Waals surface area contributed by atoms with Crippen LogP contribution in [0.5, 0.6) is 0 Å². The standard InChI is InChI=1S/C25H27Cl2FN6/c1-2-29-12-4-3-5-13-34-23-21(32-24(34)22-19(26)10-7-11-20(22)27)16-31-25(33-23)30-15-17-8-6-9-18(28)14-17/h6-11,14,16,29H,2-5,12-13,15H2,1H3,(H,30,31,33). The second kappa shape index (κ2) is 11.6. The largest absolute Gasteiger partial charge is 0.350 e. The summed E-state index contributed by atoms with van der Waals surface area (Å²) in [5.41, 5.74) is 2.86. The topological polar surface area (TPSA) is 67.7 Å². The molecule has 2 aromatic heterocycles. The molecule has 4 aromatic rings. The quantitative estimate of drug-likeness (QED) is 0.235. The van der Waals surface area contributed by atoms with Gasteiger partial charge in [-0.2, -0.15) is 4.98 Å². The second-order valence-electron chi connectivity index (χ2n) is 7.98. The number of nitrogens with zero attached hydrogens (tertiary/aromatic N) is 4. The molecule has 178 valence electrons. The summed E-state index contributed by atoms with van der Waals surface area (Å²) in [4.78, 5) is 13.9. The molecule has 0 amide bonds. The smallest absolute Gasteiger partial charge is 0.225 e. The van der Waals surface area contributed by atoms with Crippen molar-refractivity contribution in [3.05, 3.63) is 70.1 Å². The van der Waals surface area contributed by atoms with Crippen molar-refractivity contribution in [2.45, 2.75) is 39.3 Å². The van der Waals surface area contributed by atoms with Crippen molar-refractivity contribution >= 4 is 40.3 Å². The fraction of sp³-hybridized carbons (Fsp3) is 0.320. The first-order valence-corrected chi connectivity index (χ1v) is 12.2. The van der Waals surface area contributed by atoms with E-state index in [0.29, 0.717) is 45.1 Å². The fourth-order valence-corrected chi connectivity index (χ4v) is 4.39. The number of hydrogen-bond acceptors (Lipinski definition) is 5. The number of unbranched alkanes of at least 4 members (excludes halogenated alkanes) is 2. The lowest BCUT2D eigenvalue weighted by molar-refractivity contribution is 0.572. The number of rotatable bonds is 11. The summed E-state index contributed by atoms with van der Waals surface area (Å²) < 4.78 is 15.6. The highest BCUT2D eigenvalue weighted by Gasteiger charge is 2.19. The van der Waals surface area contributed by atoms with E-state index in [2.05, 4.69) is 27.1 Å². The van der Waals surface area contributed by atoms with Crippen LogP contribution >= 0.6 is 23.2 Å². The van der Waals surface area contributed by atoms with Crippen molar-refractivity contribution in [1.82, 2.24) is 24.8 Å². The lowest BCUT2D eigenvalue weighted by Crippen LogP contribution is -2.14. The monoisotopic (exact) mass is 500 g/mol. The van der Waals surface area contributed by atoms with Crippen LogP contribution in [0.15, 0.2) is 48.7 Å². The van der Waals surface area contributed by atoms with Gasteiger partial charge in [-0.3, -0.25) is 0 Å². The molecule has 0 aliphatic carbocycles. The van der Waals surface area contributed by atoms with E-state index in [4.69, 9.17) is 33.2 Å². The number of halogens is 3. The van der Waals surface area contributed by atoms with E-state index < -0.39 is 0 Å². The van der Waals surface area contributed by atoms with Crippen molar-refractivity contribution in [2.75, 3.05) is 18.4 Å². The van der Waals surface area contributed by atoms with E-state index in [-0.39, 0.29) is 5.82 Å². The van der Waals surface area contributed by atoms with Gasteiger partial charge in [-0.15, -0.1) is 0 Å². The first kappa shape index (κ1) is 24.4. The Bertz CT molecular complexity index is 1240. The lowest BCUT2D eigenvalue weighted by atomic mass is 10.2. The molecule has 2 N–H and O–H groups in total. The summed E-state index contributed by atoms with van der Waals surface area (Å²) in [5.74, 6) is 0.847. The molecule has 0 saturated carbocycles. The van der Waals surface area contributed by atoms with E-state index in [0.717, 1.165) is 44.5 Å². The minimum Gasteiger partial charge on any atom is -0.350 e. The van der Waals surface area contributed by atoms with E-state index in [1.165, 1.54) is 12.1 Å². The summed E-state index contributed by atoms with van der Waals surface area (Å²) >= 11 is 13.0. The van der Waals surface area contributed by atoms with Crippen LogP contribution in [0.1, 0.15) is 31.7 Å². The Morgan fingerprint density at radius 2 is 1.79 bits per heavy atom. The molecule has 4 rings (SSSR count). The van der Waals surface area contributed by atoms with E-state index >= 15 is 0 Å². The molecular formula is C25H27Cl2FN6. The van der Waals surface area contributed by atoms with Crippen molar-refractivity contribution in [1.29, 1.82) is 0 Å². The number of aryl methyl sites for hydroxylation is 1. The summed E-state index contributed by atoms with van der Waals surface area (Å²) in [5, 5.41) is 7.61. The molecule has 0 saturated heterocycles. The summed E-state index contributed by atoms with van der Waals surface area (Å²) in [6.45, 7) is 5.21. The van der Waals surface area contributed by atoms with Gasteiger partial charge in [0, 0.05) is 13.1 Å². The van der Waals surface area contributed by atoms with Crippen molar-refractivity contribution in [3.8, 4) is 11.4 Å². The molecule has 6 nitrogen and oxygen atoms in total. The normalized spacial score (nSPS) is 11.3. The third-order valence-electron chi connectivity index (χ3n) is 5.50. The molecule has 0 aliphatic heterocycles. The summed E-state index contributed by atoms with van der Waals surface area (Å²) in [6.07, 6.45) is 4.81. The van der Waals surface area contributed by atoms with Gasteiger partial charge < -0.3 is 15.2 Å². The van der Waals surface area contributed by atoms with Gasteiger partial charge in [0.1, 0.15) is 17.2 Å². The van der Waals surface area contributed by atoms with Gasteiger partial charge >= 0.3 is 0 Å². The van der Waals surface area contributed by atoms with Gasteiger partial charge in [-0.05, 0) is 55.8 Å². The number of benzene rings is 2. The fourth-order valence-electron chi connectivity index (χ4n) is 3.82. The minimum atomic E-state index is -0.274. The molecule has 0 aliphatic rings. The number of imidazole rings is 1. The van der Waals surface area contributed by atoms with Crippen molar-refractivity contribution in [3.63, 3.8) is 0 Å². The highest BCUT2D eigenvalue weighted by Crippen LogP contribution is 2.35. The minimum absolute atomic E-state index is 0.274. The highest BCUT2D eigenvalue weighted by molar-refractivity contribution is 6.39. The highest BCUT2D eigenvalue weighted by atomic mass is 35.5. The van der Waals surface area contributed by atoms with E-state index in [1.807, 2.05) is 12.1 Å². The molecule has 0 atom stereocenters. The first-order valence-electron chi connectivity index (χ1n) is 11.4. The molecule has 34 heavy (non-hydrogen) atoms. The van der Waals surface area contributed by atoms with Gasteiger partial charge in [0.15, 0.2) is 5.65 Å². The molecule has 0 bridgehead atoms. The third-order valence-corrected chi connectivity index (χ3v) is 6.13. The van der Waals surface area contributed by atoms with Crippen LogP contribution in [0, 0.1) is 5.82 Å². The maximum atomic E-state index is 13.5. The van der Waals surface area contributed by atoms with Crippen LogP contribution in [0.2, 0.25) is 10.0 Å². The van der Waals surface area contributed by atoms with Crippen molar-refractivity contribution < 1.29 is 4.39 Å². The first-order chi connectivity index (χ1) is 16.6. The van der Waals surface area contributed by atoms with Crippen LogP contribution in [0.25, 0.3) is 22.6 Å². The molecule has 0 spiro atoms. The Labute approximate surface area is 208 Å². The molecule has 2 aromatic carbocycles. The Balaban J connectivity index is 1.63. The third kappa shape index (κ3) is 5.84. The van der Waals surface area contributed by atoms with Gasteiger partial charge in [0.2, 0.25) is 5.95 Å². The van der Waals surface area contributed by atoms with E-state index in [9.17, 15) is 4.39 Å². The Morgan fingerprint density at radius 3 is 2.56 bits per heavy atom. The lowest BCUT2D eigenvalue weighted by Gasteiger charge is -2.12. The molecule has 0 fully saturated rings. The average molecular weight is 501 g/mol. The molecule has 2 heterocycles. The SMILES string of the molecule is CCNCCCCCn1c(-c2c(Cl)cccc2Cl)nc2cnc(NCc3cccc(F)c3)nc21. The molecule has 9 heteroatoms. The molecule has 0 radical (unpaired) electrons. The second-order valence-corrected chi connectivity index (χ2v) is 8.80.